The van der Waals surface area contributed by atoms with Gasteiger partial charge < -0.3 is 10.2 Å². The first-order valence-corrected chi connectivity index (χ1v) is 9.48. The highest BCUT2D eigenvalue weighted by atomic mass is 16.2. The van der Waals surface area contributed by atoms with Crippen LogP contribution in [0.1, 0.15) is 51.2 Å². The zero-order valence-corrected chi connectivity index (χ0v) is 15.7. The average Bonchev–Trinajstić information content (AvgIpc) is 2.95. The molecular weight excluding hydrogens is 312 g/mol. The first-order valence-electron chi connectivity index (χ1n) is 9.48. The molecule has 136 valence electrons. The van der Waals surface area contributed by atoms with Crippen LogP contribution in [0.15, 0.2) is 24.3 Å². The van der Waals surface area contributed by atoms with E-state index < -0.39 is 0 Å². The van der Waals surface area contributed by atoms with Gasteiger partial charge >= 0.3 is 0 Å². The molecule has 1 aliphatic heterocycles. The average molecular weight is 342 g/mol. The molecule has 1 heterocycles. The Morgan fingerprint density at radius 2 is 1.84 bits per heavy atom. The quantitative estimate of drug-likeness (QED) is 0.914. The van der Waals surface area contributed by atoms with Gasteiger partial charge in [-0.15, -0.1) is 0 Å². The van der Waals surface area contributed by atoms with Crippen LogP contribution in [0.2, 0.25) is 0 Å². The number of carbonyl (C=O) groups is 2. The van der Waals surface area contributed by atoms with Gasteiger partial charge in [0.2, 0.25) is 11.8 Å². The summed E-state index contributed by atoms with van der Waals surface area (Å²) in [4.78, 5) is 26.1. The molecule has 1 saturated heterocycles. The fourth-order valence-electron chi connectivity index (χ4n) is 4.48. The predicted octanol–water partition coefficient (Wildman–Crippen LogP) is 2.94. The number of hydrogen-bond acceptors (Lipinski definition) is 2. The van der Waals surface area contributed by atoms with Crippen molar-refractivity contribution >= 4 is 11.8 Å². The van der Waals surface area contributed by atoms with Gasteiger partial charge in [-0.1, -0.05) is 24.3 Å². The summed E-state index contributed by atoms with van der Waals surface area (Å²) in [5.41, 5.74) is 2.69. The molecule has 1 fully saturated rings. The van der Waals surface area contributed by atoms with E-state index in [9.17, 15) is 9.59 Å². The summed E-state index contributed by atoms with van der Waals surface area (Å²) in [7, 11) is 0. The number of amides is 2. The van der Waals surface area contributed by atoms with E-state index in [2.05, 4.69) is 43.4 Å². The summed E-state index contributed by atoms with van der Waals surface area (Å²) < 4.78 is 0. The number of benzene rings is 1. The number of nitrogens with one attached hydrogen (secondary N) is 1. The Morgan fingerprint density at radius 1 is 1.20 bits per heavy atom. The van der Waals surface area contributed by atoms with Crippen molar-refractivity contribution in [1.82, 2.24) is 10.2 Å². The maximum Gasteiger partial charge on any atom is 0.225 e. The van der Waals surface area contributed by atoms with Crippen molar-refractivity contribution in [2.24, 2.45) is 11.8 Å². The summed E-state index contributed by atoms with van der Waals surface area (Å²) in [5, 5.41) is 3.26. The van der Waals surface area contributed by atoms with Crippen molar-refractivity contribution < 1.29 is 9.59 Å². The van der Waals surface area contributed by atoms with Gasteiger partial charge in [0, 0.05) is 25.6 Å². The molecule has 0 saturated carbocycles. The van der Waals surface area contributed by atoms with Gasteiger partial charge in [0.15, 0.2) is 0 Å². The predicted molar refractivity (Wildman–Crippen MR) is 99.2 cm³/mol. The van der Waals surface area contributed by atoms with Gasteiger partial charge in [0.25, 0.3) is 0 Å². The summed E-state index contributed by atoms with van der Waals surface area (Å²) in [6.07, 6.45) is 4.99. The van der Waals surface area contributed by atoms with Gasteiger partial charge in [-0.25, -0.2) is 0 Å². The Bertz CT molecular complexity index is 628. The zero-order valence-electron chi connectivity index (χ0n) is 15.7. The van der Waals surface area contributed by atoms with Crippen LogP contribution < -0.4 is 5.32 Å². The van der Waals surface area contributed by atoms with Crippen LogP contribution >= 0.6 is 0 Å². The molecule has 0 aromatic heterocycles. The summed E-state index contributed by atoms with van der Waals surface area (Å²) >= 11 is 0. The van der Waals surface area contributed by atoms with E-state index in [0.29, 0.717) is 12.5 Å². The van der Waals surface area contributed by atoms with Crippen molar-refractivity contribution in [1.29, 1.82) is 0 Å². The number of nitrogens with zero attached hydrogens (tertiary/aromatic N) is 1. The third-order valence-corrected chi connectivity index (χ3v) is 5.63. The third kappa shape index (κ3) is 4.42. The van der Waals surface area contributed by atoms with E-state index in [4.69, 9.17) is 0 Å². The van der Waals surface area contributed by atoms with Gasteiger partial charge in [-0.05, 0) is 63.0 Å². The van der Waals surface area contributed by atoms with Crippen LogP contribution in [0.3, 0.4) is 0 Å². The number of piperidine rings is 1. The molecule has 1 aromatic carbocycles. The molecular formula is C21H30N2O2. The standard InChI is InChI=1S/C21H30N2O2/c1-15(24)23-10-6-9-19(14-23)20(25)22-21(2,3)13-16-11-17-7-4-5-8-18(17)12-16/h4-5,7-8,16,19H,6,9-14H2,1-3H3,(H,22,25)/t19-/m0/s1. The molecule has 1 atom stereocenters. The largest absolute Gasteiger partial charge is 0.351 e. The normalized spacial score (nSPS) is 21.1. The Kier molecular flexibility index (Phi) is 5.16. The molecule has 0 spiro atoms. The van der Waals surface area contributed by atoms with Gasteiger partial charge in [0.05, 0.1) is 5.92 Å². The number of likely N-dealkylation sites (tertiary alicyclic amines) is 1. The minimum absolute atomic E-state index is 0.0699. The highest BCUT2D eigenvalue weighted by Gasteiger charge is 2.33. The Balaban J connectivity index is 1.54. The van der Waals surface area contributed by atoms with E-state index in [1.165, 1.54) is 11.1 Å². The molecule has 2 aliphatic rings. The van der Waals surface area contributed by atoms with Crippen molar-refractivity contribution in [3.05, 3.63) is 35.4 Å². The summed E-state index contributed by atoms with van der Waals surface area (Å²) in [5.74, 6) is 0.692. The van der Waals surface area contributed by atoms with Gasteiger partial charge in [0.1, 0.15) is 0 Å². The third-order valence-electron chi connectivity index (χ3n) is 5.63. The minimum atomic E-state index is -0.220. The topological polar surface area (TPSA) is 49.4 Å². The van der Waals surface area contributed by atoms with Crippen molar-refractivity contribution in [2.45, 2.75) is 58.4 Å². The lowest BCUT2D eigenvalue weighted by molar-refractivity contribution is -0.134. The molecule has 25 heavy (non-hydrogen) atoms. The Hall–Kier alpha value is -1.84. The molecule has 4 heteroatoms. The van der Waals surface area contributed by atoms with Crippen LogP contribution in [-0.4, -0.2) is 35.3 Å². The van der Waals surface area contributed by atoms with Crippen LogP contribution in [0.5, 0.6) is 0 Å². The van der Waals surface area contributed by atoms with Crippen LogP contribution in [0.4, 0.5) is 0 Å². The van der Waals surface area contributed by atoms with Crippen LogP contribution in [0, 0.1) is 11.8 Å². The van der Waals surface area contributed by atoms with Crippen molar-refractivity contribution in [2.75, 3.05) is 13.1 Å². The van der Waals surface area contributed by atoms with Crippen LogP contribution in [-0.2, 0) is 22.4 Å². The smallest absolute Gasteiger partial charge is 0.225 e. The molecule has 1 aliphatic carbocycles. The van der Waals surface area contributed by atoms with E-state index in [-0.39, 0.29) is 23.3 Å². The van der Waals surface area contributed by atoms with Crippen LogP contribution in [0.25, 0.3) is 0 Å². The summed E-state index contributed by atoms with van der Waals surface area (Å²) in [6, 6.07) is 8.66. The molecule has 4 nitrogen and oxygen atoms in total. The van der Waals surface area contributed by atoms with E-state index in [1.54, 1.807) is 11.8 Å². The molecule has 1 aromatic rings. The molecule has 3 rings (SSSR count). The van der Waals surface area contributed by atoms with Gasteiger partial charge in [-0.3, -0.25) is 9.59 Å². The lowest BCUT2D eigenvalue weighted by Gasteiger charge is -2.35. The fraction of sp³-hybridized carbons (Fsp3) is 0.619. The van der Waals surface area contributed by atoms with Gasteiger partial charge in [-0.2, -0.15) is 0 Å². The molecule has 2 amide bonds. The monoisotopic (exact) mass is 342 g/mol. The lowest BCUT2D eigenvalue weighted by atomic mass is 9.87. The maximum atomic E-state index is 12.7. The van der Waals surface area contributed by atoms with Crippen molar-refractivity contribution in [3.63, 3.8) is 0 Å². The van der Waals surface area contributed by atoms with Crippen molar-refractivity contribution in [3.8, 4) is 0 Å². The lowest BCUT2D eigenvalue weighted by Crippen LogP contribution is -2.51. The second kappa shape index (κ2) is 7.19. The van der Waals surface area contributed by atoms with E-state index in [0.717, 1.165) is 38.6 Å². The Labute approximate surface area is 151 Å². The van der Waals surface area contributed by atoms with E-state index in [1.807, 2.05) is 0 Å². The molecule has 1 N–H and O–H groups in total. The molecule has 0 radical (unpaired) electrons. The molecule has 0 unspecified atom stereocenters. The van der Waals surface area contributed by atoms with E-state index >= 15 is 0 Å². The number of carbonyl (C=O) groups excluding carboxylic acids is 2. The Morgan fingerprint density at radius 3 is 2.44 bits per heavy atom. The first-order chi connectivity index (χ1) is 11.8. The number of rotatable bonds is 4. The SMILES string of the molecule is CC(=O)N1CCC[C@H](C(=O)NC(C)(C)CC2Cc3ccccc3C2)C1. The minimum Gasteiger partial charge on any atom is -0.351 e. The second-order valence-corrected chi connectivity index (χ2v) is 8.42. The highest BCUT2D eigenvalue weighted by Crippen LogP contribution is 2.32. The first kappa shape index (κ1) is 18.0. The summed E-state index contributed by atoms with van der Waals surface area (Å²) in [6.45, 7) is 7.18. The fourth-order valence-corrected chi connectivity index (χ4v) is 4.48. The maximum absolute atomic E-state index is 12.7. The second-order valence-electron chi connectivity index (χ2n) is 8.42. The highest BCUT2D eigenvalue weighted by molar-refractivity contribution is 5.81. The number of fused-ring (bicyclic) bond motifs is 1. The zero-order chi connectivity index (χ0) is 18.0. The molecule has 0 bridgehead atoms. The number of hydrogen-bond donors (Lipinski definition) is 1.